The van der Waals surface area contributed by atoms with Crippen LogP contribution in [0.2, 0.25) is 0 Å². The fraction of sp³-hybridized carbons (Fsp3) is 0.538. The molecule has 2 N–H and O–H groups in total. The summed E-state index contributed by atoms with van der Waals surface area (Å²) in [6, 6.07) is 4.65. The molecule has 1 heterocycles. The summed E-state index contributed by atoms with van der Waals surface area (Å²) >= 11 is 1.65. The molecule has 0 saturated carbocycles. The van der Waals surface area contributed by atoms with Crippen LogP contribution in [0.1, 0.15) is 12.5 Å². The van der Waals surface area contributed by atoms with Crippen LogP contribution < -0.4 is 5.73 Å². The first-order valence-corrected chi connectivity index (χ1v) is 9.38. The van der Waals surface area contributed by atoms with Crippen LogP contribution in [-0.4, -0.2) is 42.5 Å². The van der Waals surface area contributed by atoms with Gasteiger partial charge in [-0.05, 0) is 17.7 Å². The number of nitrogen functional groups attached to an aromatic ring is 1. The molecule has 1 saturated heterocycles. The largest absolute Gasteiger partial charge is 0.396 e. The van der Waals surface area contributed by atoms with Gasteiger partial charge in [0.1, 0.15) is 11.2 Å². The van der Waals surface area contributed by atoms with E-state index in [1.807, 2.05) is 4.90 Å². The SMILES string of the molecule is CCS(=O)(=O)C1CSCCN1Cc1ccc(N)c(F)c1. The van der Waals surface area contributed by atoms with Gasteiger partial charge in [0.05, 0.1) is 5.69 Å². The molecule has 1 aliphatic heterocycles. The average Bonchev–Trinajstić information content (AvgIpc) is 2.43. The second kappa shape index (κ2) is 6.32. The topological polar surface area (TPSA) is 63.4 Å². The number of halogens is 1. The van der Waals surface area contributed by atoms with Crippen molar-refractivity contribution in [3.05, 3.63) is 29.6 Å². The molecule has 4 nitrogen and oxygen atoms in total. The predicted octanol–water partition coefficient (Wildman–Crippen LogP) is 1.72. The molecule has 0 amide bonds. The fourth-order valence-electron chi connectivity index (χ4n) is 2.22. The minimum atomic E-state index is -3.12. The van der Waals surface area contributed by atoms with Crippen molar-refractivity contribution in [1.29, 1.82) is 0 Å². The quantitative estimate of drug-likeness (QED) is 0.857. The van der Waals surface area contributed by atoms with Gasteiger partial charge in [0.25, 0.3) is 0 Å². The zero-order valence-corrected chi connectivity index (χ0v) is 13.0. The Morgan fingerprint density at radius 1 is 1.50 bits per heavy atom. The molecule has 1 unspecified atom stereocenters. The average molecular weight is 318 g/mol. The summed E-state index contributed by atoms with van der Waals surface area (Å²) in [6.07, 6.45) is 0. The molecule has 1 fully saturated rings. The van der Waals surface area contributed by atoms with Gasteiger partial charge in [0.15, 0.2) is 9.84 Å². The summed E-state index contributed by atoms with van der Waals surface area (Å²) < 4.78 is 37.7. The molecule has 1 aromatic rings. The highest BCUT2D eigenvalue weighted by Crippen LogP contribution is 2.24. The standard InChI is InChI=1S/C13H19FN2O2S2/c1-2-20(17,18)13-9-19-6-5-16(13)8-10-3-4-12(15)11(14)7-10/h3-4,7,13H,2,5-6,8-9,15H2,1H3. The molecule has 0 aliphatic carbocycles. The second-order valence-corrected chi connectivity index (χ2v) is 8.40. The third kappa shape index (κ3) is 3.45. The molecule has 2 rings (SSSR count). The number of sulfone groups is 1. The monoisotopic (exact) mass is 318 g/mol. The van der Waals surface area contributed by atoms with E-state index >= 15 is 0 Å². The molecule has 7 heteroatoms. The van der Waals surface area contributed by atoms with Crippen molar-refractivity contribution in [2.24, 2.45) is 0 Å². The van der Waals surface area contributed by atoms with Gasteiger partial charge < -0.3 is 5.73 Å². The Morgan fingerprint density at radius 3 is 2.90 bits per heavy atom. The molecular formula is C13H19FN2O2S2. The van der Waals surface area contributed by atoms with Crippen LogP contribution in [0.4, 0.5) is 10.1 Å². The van der Waals surface area contributed by atoms with Gasteiger partial charge in [-0.3, -0.25) is 4.90 Å². The van der Waals surface area contributed by atoms with E-state index in [2.05, 4.69) is 0 Å². The van der Waals surface area contributed by atoms with Gasteiger partial charge >= 0.3 is 0 Å². The summed E-state index contributed by atoms with van der Waals surface area (Å²) in [5, 5.41) is -0.480. The maximum atomic E-state index is 13.5. The van der Waals surface area contributed by atoms with Crippen molar-refractivity contribution in [3.63, 3.8) is 0 Å². The zero-order valence-electron chi connectivity index (χ0n) is 11.4. The molecule has 0 spiro atoms. The van der Waals surface area contributed by atoms with Crippen molar-refractivity contribution in [3.8, 4) is 0 Å². The fourth-order valence-corrected chi connectivity index (χ4v) is 5.30. The highest BCUT2D eigenvalue weighted by Gasteiger charge is 2.32. The third-order valence-electron chi connectivity index (χ3n) is 3.46. The van der Waals surface area contributed by atoms with E-state index in [9.17, 15) is 12.8 Å². The molecule has 1 atom stereocenters. The lowest BCUT2D eigenvalue weighted by molar-refractivity contribution is 0.261. The second-order valence-electron chi connectivity index (χ2n) is 4.81. The predicted molar refractivity (Wildman–Crippen MR) is 81.8 cm³/mol. The van der Waals surface area contributed by atoms with Crippen LogP contribution in [0, 0.1) is 5.82 Å². The molecule has 20 heavy (non-hydrogen) atoms. The van der Waals surface area contributed by atoms with Crippen molar-refractivity contribution >= 4 is 27.3 Å². The lowest BCUT2D eigenvalue weighted by atomic mass is 10.2. The van der Waals surface area contributed by atoms with Crippen LogP contribution in [-0.2, 0) is 16.4 Å². The summed E-state index contributed by atoms with van der Waals surface area (Å²) in [6.45, 7) is 2.79. The van der Waals surface area contributed by atoms with E-state index in [0.29, 0.717) is 18.8 Å². The van der Waals surface area contributed by atoms with Crippen LogP contribution >= 0.6 is 11.8 Å². The van der Waals surface area contributed by atoms with Gasteiger partial charge in [0.2, 0.25) is 0 Å². The van der Waals surface area contributed by atoms with Crippen LogP contribution in [0.3, 0.4) is 0 Å². The molecule has 112 valence electrons. The van der Waals surface area contributed by atoms with Crippen molar-refractivity contribution < 1.29 is 12.8 Å². The van der Waals surface area contributed by atoms with Gasteiger partial charge in [-0.15, -0.1) is 0 Å². The lowest BCUT2D eigenvalue weighted by Crippen LogP contribution is -2.47. The molecule has 1 aliphatic rings. The molecule has 0 bridgehead atoms. The number of nitrogens with two attached hydrogens (primary N) is 1. The number of benzene rings is 1. The maximum Gasteiger partial charge on any atom is 0.166 e. The first-order valence-electron chi connectivity index (χ1n) is 6.51. The summed E-state index contributed by atoms with van der Waals surface area (Å²) in [5.74, 6) is 1.15. The lowest BCUT2D eigenvalue weighted by Gasteiger charge is -2.34. The molecule has 1 aromatic carbocycles. The summed E-state index contributed by atoms with van der Waals surface area (Å²) in [5.41, 5.74) is 6.31. The van der Waals surface area contributed by atoms with Gasteiger partial charge in [-0.2, -0.15) is 11.8 Å². The summed E-state index contributed by atoms with van der Waals surface area (Å²) in [7, 11) is -3.12. The Balaban J connectivity index is 2.18. The number of nitrogens with zero attached hydrogens (tertiary/aromatic N) is 1. The third-order valence-corrected chi connectivity index (χ3v) is 6.79. The van der Waals surface area contributed by atoms with Crippen molar-refractivity contribution in [1.82, 2.24) is 4.90 Å². The maximum absolute atomic E-state index is 13.5. The Hall–Kier alpha value is -0.790. The number of anilines is 1. The van der Waals surface area contributed by atoms with Gasteiger partial charge in [-0.1, -0.05) is 13.0 Å². The normalized spacial score (nSPS) is 21.0. The van der Waals surface area contributed by atoms with E-state index in [1.54, 1.807) is 24.8 Å². The number of rotatable bonds is 4. The summed E-state index contributed by atoms with van der Waals surface area (Å²) in [4.78, 5) is 1.92. The Morgan fingerprint density at radius 2 is 2.25 bits per heavy atom. The zero-order chi connectivity index (χ0) is 14.8. The van der Waals surface area contributed by atoms with E-state index in [-0.39, 0.29) is 11.4 Å². The van der Waals surface area contributed by atoms with E-state index in [0.717, 1.165) is 11.3 Å². The van der Waals surface area contributed by atoms with Crippen LogP contribution in [0.25, 0.3) is 0 Å². The number of hydrogen-bond acceptors (Lipinski definition) is 5. The Labute approximate surface area is 123 Å². The molecule has 0 radical (unpaired) electrons. The molecule has 0 aromatic heterocycles. The number of hydrogen-bond donors (Lipinski definition) is 1. The Kier molecular flexibility index (Phi) is 4.93. The van der Waals surface area contributed by atoms with E-state index in [1.165, 1.54) is 12.1 Å². The minimum Gasteiger partial charge on any atom is -0.396 e. The highest BCUT2D eigenvalue weighted by molar-refractivity contribution is 8.01. The van der Waals surface area contributed by atoms with Gasteiger partial charge in [0, 0.05) is 30.3 Å². The van der Waals surface area contributed by atoms with E-state index in [4.69, 9.17) is 5.73 Å². The van der Waals surface area contributed by atoms with Crippen molar-refractivity contribution in [2.75, 3.05) is 29.5 Å². The minimum absolute atomic E-state index is 0.112. The first kappa shape index (κ1) is 15.6. The first-order chi connectivity index (χ1) is 9.44. The molecular weight excluding hydrogens is 299 g/mol. The highest BCUT2D eigenvalue weighted by atomic mass is 32.2. The van der Waals surface area contributed by atoms with Gasteiger partial charge in [-0.25, -0.2) is 12.8 Å². The van der Waals surface area contributed by atoms with Crippen molar-refractivity contribution in [2.45, 2.75) is 18.8 Å². The van der Waals surface area contributed by atoms with Crippen LogP contribution in [0.15, 0.2) is 18.2 Å². The number of thioether (sulfide) groups is 1. The van der Waals surface area contributed by atoms with Crippen LogP contribution in [0.5, 0.6) is 0 Å². The van der Waals surface area contributed by atoms with E-state index < -0.39 is 21.0 Å². The smallest absolute Gasteiger partial charge is 0.166 e. The Bertz CT molecular complexity index is 578.